The Labute approximate surface area is 89.0 Å². The van der Waals surface area contributed by atoms with Gasteiger partial charge in [-0.05, 0) is 38.6 Å². The van der Waals surface area contributed by atoms with E-state index in [1.807, 2.05) is 6.92 Å². The van der Waals surface area contributed by atoms with E-state index >= 15 is 0 Å². The van der Waals surface area contributed by atoms with E-state index in [0.717, 1.165) is 25.3 Å². The summed E-state index contributed by atoms with van der Waals surface area (Å²) in [7, 11) is 0. The highest BCUT2D eigenvalue weighted by Crippen LogP contribution is 2.05. The smallest absolute Gasteiger partial charge is 0.0549 e. The van der Waals surface area contributed by atoms with E-state index in [0.29, 0.717) is 0 Å². The van der Waals surface area contributed by atoms with E-state index in [1.54, 1.807) is 0 Å². The molecule has 0 saturated carbocycles. The van der Waals surface area contributed by atoms with Crippen molar-refractivity contribution in [2.75, 3.05) is 6.54 Å². The zero-order valence-electron chi connectivity index (χ0n) is 9.97. The zero-order valence-corrected chi connectivity index (χ0v) is 9.97. The summed E-state index contributed by atoms with van der Waals surface area (Å²) in [5.41, 5.74) is 7.13. The lowest BCUT2D eigenvalue weighted by Crippen LogP contribution is -2.39. The van der Waals surface area contributed by atoms with Crippen molar-refractivity contribution in [1.29, 1.82) is 0 Å². The second-order valence-corrected chi connectivity index (χ2v) is 4.40. The molecule has 0 heterocycles. The van der Waals surface area contributed by atoms with Crippen molar-refractivity contribution < 1.29 is 0 Å². The summed E-state index contributed by atoms with van der Waals surface area (Å²) in [4.78, 5) is 0. The Hall–Kier alpha value is -0.340. The van der Waals surface area contributed by atoms with Crippen molar-refractivity contribution in [2.24, 2.45) is 11.7 Å². The van der Waals surface area contributed by atoms with Crippen molar-refractivity contribution in [1.82, 2.24) is 5.32 Å². The molecular formula is C12H26N2. The average Bonchev–Trinajstić information content (AvgIpc) is 2.12. The fraction of sp³-hybridized carbons (Fsp3) is 0.833. The molecule has 2 heteroatoms. The summed E-state index contributed by atoms with van der Waals surface area (Å²) in [6.45, 7) is 11.4. The van der Waals surface area contributed by atoms with Crippen molar-refractivity contribution >= 4 is 0 Å². The molecule has 2 nitrogen and oxygen atoms in total. The molecule has 0 fully saturated rings. The van der Waals surface area contributed by atoms with Crippen molar-refractivity contribution in [2.45, 2.75) is 52.6 Å². The lowest BCUT2D eigenvalue weighted by Gasteiger charge is -2.17. The standard InChI is InChI=1S/C12H26N2/c1-5-6-11(4)9-14-12(13)8-7-10(2)3/h11-12,14H,2,5-9,13H2,1,3-4H3. The Balaban J connectivity index is 3.42. The van der Waals surface area contributed by atoms with Gasteiger partial charge >= 0.3 is 0 Å². The molecule has 0 aromatic carbocycles. The van der Waals surface area contributed by atoms with Gasteiger partial charge in [0.15, 0.2) is 0 Å². The molecule has 0 rings (SSSR count). The van der Waals surface area contributed by atoms with E-state index < -0.39 is 0 Å². The monoisotopic (exact) mass is 198 g/mol. The van der Waals surface area contributed by atoms with Crippen LogP contribution in [0.5, 0.6) is 0 Å². The maximum absolute atomic E-state index is 5.91. The van der Waals surface area contributed by atoms with Crippen LogP contribution in [-0.4, -0.2) is 12.7 Å². The van der Waals surface area contributed by atoms with Gasteiger partial charge in [0, 0.05) is 0 Å². The van der Waals surface area contributed by atoms with Gasteiger partial charge in [-0.2, -0.15) is 0 Å². The molecule has 3 N–H and O–H groups in total. The van der Waals surface area contributed by atoms with Gasteiger partial charge in [-0.25, -0.2) is 0 Å². The summed E-state index contributed by atoms with van der Waals surface area (Å²) in [5, 5.41) is 3.36. The highest BCUT2D eigenvalue weighted by atomic mass is 15.0. The summed E-state index contributed by atoms with van der Waals surface area (Å²) in [5.74, 6) is 0.732. The number of rotatable bonds is 8. The Bertz CT molecular complexity index is 154. The molecule has 0 aromatic rings. The lowest BCUT2D eigenvalue weighted by molar-refractivity contribution is 0.416. The second-order valence-electron chi connectivity index (χ2n) is 4.40. The number of hydrogen-bond donors (Lipinski definition) is 2. The number of nitrogens with one attached hydrogen (secondary N) is 1. The molecule has 0 saturated heterocycles. The molecular weight excluding hydrogens is 172 g/mol. The third kappa shape index (κ3) is 8.27. The van der Waals surface area contributed by atoms with E-state index in [1.165, 1.54) is 18.4 Å². The Kier molecular flexibility index (Phi) is 7.81. The average molecular weight is 198 g/mol. The molecule has 0 aliphatic carbocycles. The molecule has 2 atom stereocenters. The van der Waals surface area contributed by atoms with Crippen LogP contribution in [0.25, 0.3) is 0 Å². The fourth-order valence-corrected chi connectivity index (χ4v) is 1.45. The van der Waals surface area contributed by atoms with Crippen molar-refractivity contribution in [3.05, 3.63) is 12.2 Å². The highest BCUT2D eigenvalue weighted by molar-refractivity contribution is 4.88. The normalized spacial score (nSPS) is 15.1. The van der Waals surface area contributed by atoms with Gasteiger partial charge in [-0.15, -0.1) is 6.58 Å². The van der Waals surface area contributed by atoms with Crippen LogP contribution in [0.15, 0.2) is 12.2 Å². The third-order valence-electron chi connectivity index (χ3n) is 2.39. The van der Waals surface area contributed by atoms with E-state index in [-0.39, 0.29) is 6.17 Å². The molecule has 0 bridgehead atoms. The van der Waals surface area contributed by atoms with Gasteiger partial charge in [-0.3, -0.25) is 0 Å². The van der Waals surface area contributed by atoms with Gasteiger partial charge in [0.25, 0.3) is 0 Å². The molecule has 14 heavy (non-hydrogen) atoms. The maximum atomic E-state index is 5.91. The first kappa shape index (κ1) is 13.7. The summed E-state index contributed by atoms with van der Waals surface area (Å²) in [6, 6.07) is 0. The minimum absolute atomic E-state index is 0.131. The minimum Gasteiger partial charge on any atom is -0.316 e. The Morgan fingerprint density at radius 3 is 2.57 bits per heavy atom. The number of allylic oxidation sites excluding steroid dienone is 1. The summed E-state index contributed by atoms with van der Waals surface area (Å²) < 4.78 is 0. The van der Waals surface area contributed by atoms with E-state index in [4.69, 9.17) is 5.73 Å². The first-order valence-electron chi connectivity index (χ1n) is 5.69. The molecule has 84 valence electrons. The molecule has 0 aliphatic rings. The first-order chi connectivity index (χ1) is 6.56. The molecule has 0 aromatic heterocycles. The van der Waals surface area contributed by atoms with Crippen LogP contribution in [0.4, 0.5) is 0 Å². The predicted molar refractivity (Wildman–Crippen MR) is 64.1 cm³/mol. The van der Waals surface area contributed by atoms with Gasteiger partial charge < -0.3 is 11.1 Å². The number of nitrogens with two attached hydrogens (primary N) is 1. The van der Waals surface area contributed by atoms with Gasteiger partial charge in [-0.1, -0.05) is 25.8 Å². The van der Waals surface area contributed by atoms with Crippen LogP contribution >= 0.6 is 0 Å². The topological polar surface area (TPSA) is 38.0 Å². The summed E-state index contributed by atoms with van der Waals surface area (Å²) >= 11 is 0. The predicted octanol–water partition coefficient (Wildman–Crippen LogP) is 2.65. The van der Waals surface area contributed by atoms with Crippen LogP contribution in [-0.2, 0) is 0 Å². The minimum atomic E-state index is 0.131. The van der Waals surface area contributed by atoms with Crippen molar-refractivity contribution in [3.63, 3.8) is 0 Å². The van der Waals surface area contributed by atoms with Crippen LogP contribution in [0.2, 0.25) is 0 Å². The van der Waals surface area contributed by atoms with Crippen LogP contribution < -0.4 is 11.1 Å². The molecule has 0 amide bonds. The Morgan fingerprint density at radius 2 is 2.07 bits per heavy atom. The van der Waals surface area contributed by atoms with Crippen molar-refractivity contribution in [3.8, 4) is 0 Å². The molecule has 2 unspecified atom stereocenters. The third-order valence-corrected chi connectivity index (χ3v) is 2.39. The lowest BCUT2D eigenvalue weighted by atomic mass is 10.1. The van der Waals surface area contributed by atoms with Gasteiger partial charge in [0.05, 0.1) is 6.17 Å². The van der Waals surface area contributed by atoms with Crippen LogP contribution in [0.3, 0.4) is 0 Å². The maximum Gasteiger partial charge on any atom is 0.0549 e. The quantitative estimate of drug-likeness (QED) is 0.465. The van der Waals surface area contributed by atoms with Crippen LogP contribution in [0, 0.1) is 5.92 Å². The Morgan fingerprint density at radius 1 is 1.43 bits per heavy atom. The largest absolute Gasteiger partial charge is 0.316 e. The first-order valence-corrected chi connectivity index (χ1v) is 5.69. The fourth-order valence-electron chi connectivity index (χ4n) is 1.45. The van der Waals surface area contributed by atoms with Crippen LogP contribution in [0.1, 0.15) is 46.5 Å². The molecule has 0 aliphatic heterocycles. The van der Waals surface area contributed by atoms with Gasteiger partial charge in [0.1, 0.15) is 0 Å². The SMILES string of the molecule is C=C(C)CCC(N)NCC(C)CCC. The second kappa shape index (κ2) is 8.01. The number of hydrogen-bond acceptors (Lipinski definition) is 2. The molecule has 0 spiro atoms. The van der Waals surface area contributed by atoms with E-state index in [9.17, 15) is 0 Å². The van der Waals surface area contributed by atoms with E-state index in [2.05, 4.69) is 25.7 Å². The summed E-state index contributed by atoms with van der Waals surface area (Å²) in [6.07, 6.45) is 4.68. The van der Waals surface area contributed by atoms with Gasteiger partial charge in [0.2, 0.25) is 0 Å². The zero-order chi connectivity index (χ0) is 11.0. The highest BCUT2D eigenvalue weighted by Gasteiger charge is 2.04. The molecule has 0 radical (unpaired) electrons.